The van der Waals surface area contributed by atoms with E-state index in [4.69, 9.17) is 0 Å². The molecule has 0 aliphatic heterocycles. The van der Waals surface area contributed by atoms with E-state index >= 15 is 0 Å². The number of pyridine rings is 1. The molecule has 0 saturated carbocycles. The second-order valence-electron chi connectivity index (χ2n) is 3.96. The second-order valence-corrected chi connectivity index (χ2v) is 4.81. The summed E-state index contributed by atoms with van der Waals surface area (Å²) < 4.78 is 2.63. The second kappa shape index (κ2) is 4.42. The minimum atomic E-state index is 0.274. The SMILES string of the molecule is Oc1ccccc1Cc1nc2c(Br)cccn2n1. The molecule has 0 spiro atoms. The van der Waals surface area contributed by atoms with Gasteiger partial charge in [0.1, 0.15) is 5.75 Å². The van der Waals surface area contributed by atoms with Crippen molar-refractivity contribution in [2.24, 2.45) is 0 Å². The molecule has 5 heteroatoms. The molecule has 90 valence electrons. The Morgan fingerprint density at radius 2 is 2.00 bits per heavy atom. The van der Waals surface area contributed by atoms with E-state index in [0.717, 1.165) is 15.7 Å². The highest BCUT2D eigenvalue weighted by Gasteiger charge is 2.08. The van der Waals surface area contributed by atoms with E-state index in [2.05, 4.69) is 26.0 Å². The third-order valence-electron chi connectivity index (χ3n) is 2.70. The lowest BCUT2D eigenvalue weighted by atomic mass is 10.1. The monoisotopic (exact) mass is 303 g/mol. The van der Waals surface area contributed by atoms with E-state index in [1.54, 1.807) is 16.6 Å². The molecule has 3 aromatic rings. The number of phenolic OH excluding ortho intramolecular Hbond substituents is 1. The Hall–Kier alpha value is -1.88. The van der Waals surface area contributed by atoms with Gasteiger partial charge in [0.2, 0.25) is 0 Å². The number of fused-ring (bicyclic) bond motifs is 1. The Bertz CT molecular complexity index is 708. The predicted octanol–water partition coefficient (Wildman–Crippen LogP) is 2.79. The molecule has 1 aromatic carbocycles. The van der Waals surface area contributed by atoms with Gasteiger partial charge in [-0.05, 0) is 34.1 Å². The molecule has 0 saturated heterocycles. The van der Waals surface area contributed by atoms with Crippen LogP contribution in [0.2, 0.25) is 0 Å². The van der Waals surface area contributed by atoms with E-state index in [1.807, 2.05) is 30.5 Å². The summed E-state index contributed by atoms with van der Waals surface area (Å²) in [5.41, 5.74) is 1.60. The maximum atomic E-state index is 9.73. The zero-order valence-electron chi connectivity index (χ0n) is 9.42. The van der Waals surface area contributed by atoms with Crippen LogP contribution in [0.1, 0.15) is 11.4 Å². The summed E-state index contributed by atoms with van der Waals surface area (Å²) in [5, 5.41) is 14.1. The van der Waals surface area contributed by atoms with Crippen LogP contribution in [0.25, 0.3) is 5.65 Å². The van der Waals surface area contributed by atoms with Crippen molar-refractivity contribution in [2.45, 2.75) is 6.42 Å². The topological polar surface area (TPSA) is 50.4 Å². The zero-order valence-corrected chi connectivity index (χ0v) is 11.0. The van der Waals surface area contributed by atoms with Crippen LogP contribution in [-0.2, 0) is 6.42 Å². The Labute approximate surface area is 112 Å². The standard InChI is InChI=1S/C13H10BrN3O/c14-10-5-3-7-17-13(10)15-12(16-17)8-9-4-1-2-6-11(9)18/h1-7,18H,8H2. The van der Waals surface area contributed by atoms with Crippen LogP contribution in [-0.4, -0.2) is 19.7 Å². The average Bonchev–Trinajstić information content (AvgIpc) is 2.76. The van der Waals surface area contributed by atoms with Crippen molar-refractivity contribution in [1.29, 1.82) is 0 Å². The van der Waals surface area contributed by atoms with E-state index in [0.29, 0.717) is 12.2 Å². The molecule has 0 radical (unpaired) electrons. The third-order valence-corrected chi connectivity index (χ3v) is 3.32. The maximum Gasteiger partial charge on any atom is 0.169 e. The van der Waals surface area contributed by atoms with Gasteiger partial charge in [0.15, 0.2) is 11.5 Å². The molecule has 2 aromatic heterocycles. The van der Waals surface area contributed by atoms with Crippen LogP contribution in [0.15, 0.2) is 47.1 Å². The first kappa shape index (κ1) is 11.2. The van der Waals surface area contributed by atoms with Crippen molar-refractivity contribution in [2.75, 3.05) is 0 Å². The van der Waals surface area contributed by atoms with Gasteiger partial charge in [-0.1, -0.05) is 18.2 Å². The van der Waals surface area contributed by atoms with Crippen LogP contribution in [0.3, 0.4) is 0 Å². The van der Waals surface area contributed by atoms with Crippen molar-refractivity contribution >= 4 is 21.6 Å². The lowest BCUT2D eigenvalue weighted by Crippen LogP contribution is -1.92. The first-order valence-electron chi connectivity index (χ1n) is 5.51. The summed E-state index contributed by atoms with van der Waals surface area (Å²) in [5.74, 6) is 0.957. The van der Waals surface area contributed by atoms with Gasteiger partial charge in [-0.2, -0.15) is 5.10 Å². The maximum absolute atomic E-state index is 9.73. The summed E-state index contributed by atoms with van der Waals surface area (Å²) in [4.78, 5) is 4.44. The summed E-state index contributed by atoms with van der Waals surface area (Å²) in [6.07, 6.45) is 2.36. The fraction of sp³-hybridized carbons (Fsp3) is 0.0769. The molecule has 4 nitrogen and oxygen atoms in total. The van der Waals surface area contributed by atoms with E-state index in [9.17, 15) is 5.11 Å². The number of para-hydroxylation sites is 1. The molecule has 2 heterocycles. The molecule has 18 heavy (non-hydrogen) atoms. The molecule has 0 unspecified atom stereocenters. The molecule has 0 atom stereocenters. The van der Waals surface area contributed by atoms with Gasteiger partial charge in [0.25, 0.3) is 0 Å². The number of aromatic hydroxyl groups is 1. The van der Waals surface area contributed by atoms with Crippen LogP contribution >= 0.6 is 15.9 Å². The average molecular weight is 304 g/mol. The molecule has 0 aliphatic carbocycles. The van der Waals surface area contributed by atoms with E-state index in [1.165, 1.54) is 0 Å². The number of benzene rings is 1. The number of rotatable bonds is 2. The quantitative estimate of drug-likeness (QED) is 0.792. The minimum Gasteiger partial charge on any atom is -0.508 e. The number of phenols is 1. The van der Waals surface area contributed by atoms with E-state index < -0.39 is 0 Å². The number of nitrogens with zero attached hydrogens (tertiary/aromatic N) is 3. The van der Waals surface area contributed by atoms with Crippen molar-refractivity contribution in [3.8, 4) is 5.75 Å². The number of aromatic nitrogens is 3. The van der Waals surface area contributed by atoms with Crippen molar-refractivity contribution in [3.05, 3.63) is 58.5 Å². The van der Waals surface area contributed by atoms with Gasteiger partial charge < -0.3 is 5.11 Å². The first-order chi connectivity index (χ1) is 8.74. The minimum absolute atomic E-state index is 0.274. The summed E-state index contributed by atoms with van der Waals surface area (Å²) >= 11 is 3.44. The largest absolute Gasteiger partial charge is 0.508 e. The smallest absolute Gasteiger partial charge is 0.169 e. The number of hydrogen-bond acceptors (Lipinski definition) is 3. The number of hydrogen-bond donors (Lipinski definition) is 1. The fourth-order valence-electron chi connectivity index (χ4n) is 1.82. The van der Waals surface area contributed by atoms with Crippen molar-refractivity contribution in [3.63, 3.8) is 0 Å². The van der Waals surface area contributed by atoms with Crippen LogP contribution < -0.4 is 0 Å². The van der Waals surface area contributed by atoms with Gasteiger partial charge in [-0.15, -0.1) is 0 Å². The fourth-order valence-corrected chi connectivity index (χ4v) is 2.25. The van der Waals surface area contributed by atoms with Crippen LogP contribution in [0, 0.1) is 0 Å². The summed E-state index contributed by atoms with van der Waals surface area (Å²) in [6, 6.07) is 11.0. The summed E-state index contributed by atoms with van der Waals surface area (Å²) in [7, 11) is 0. The predicted molar refractivity (Wildman–Crippen MR) is 71.6 cm³/mol. The highest BCUT2D eigenvalue weighted by Crippen LogP contribution is 2.20. The molecular formula is C13H10BrN3O. The molecule has 1 N–H and O–H groups in total. The molecule has 0 bridgehead atoms. The van der Waals surface area contributed by atoms with Crippen LogP contribution in [0.4, 0.5) is 0 Å². The third kappa shape index (κ3) is 1.97. The lowest BCUT2D eigenvalue weighted by Gasteiger charge is -1.99. The molecular weight excluding hydrogens is 294 g/mol. The molecule has 0 amide bonds. The van der Waals surface area contributed by atoms with Gasteiger partial charge >= 0.3 is 0 Å². The van der Waals surface area contributed by atoms with Crippen LogP contribution in [0.5, 0.6) is 5.75 Å². The van der Waals surface area contributed by atoms with Crippen molar-refractivity contribution < 1.29 is 5.11 Å². The van der Waals surface area contributed by atoms with Gasteiger partial charge in [0.05, 0.1) is 4.47 Å². The van der Waals surface area contributed by atoms with Gasteiger partial charge in [-0.3, -0.25) is 0 Å². The Morgan fingerprint density at radius 1 is 1.17 bits per heavy atom. The normalized spacial score (nSPS) is 10.9. The highest BCUT2D eigenvalue weighted by atomic mass is 79.9. The first-order valence-corrected chi connectivity index (χ1v) is 6.30. The van der Waals surface area contributed by atoms with Gasteiger partial charge in [0, 0.05) is 18.2 Å². The highest BCUT2D eigenvalue weighted by molar-refractivity contribution is 9.10. The zero-order chi connectivity index (χ0) is 12.5. The Morgan fingerprint density at radius 3 is 2.78 bits per heavy atom. The summed E-state index contributed by atoms with van der Waals surface area (Å²) in [6.45, 7) is 0. The number of halogens is 1. The van der Waals surface area contributed by atoms with E-state index in [-0.39, 0.29) is 5.75 Å². The Balaban J connectivity index is 2.01. The lowest BCUT2D eigenvalue weighted by molar-refractivity contribution is 0.469. The van der Waals surface area contributed by atoms with Gasteiger partial charge in [-0.25, -0.2) is 9.50 Å². The Kier molecular flexibility index (Phi) is 2.76. The van der Waals surface area contributed by atoms with Crippen molar-refractivity contribution in [1.82, 2.24) is 14.6 Å². The molecule has 0 fully saturated rings. The molecule has 0 aliphatic rings. The molecule has 3 rings (SSSR count).